The SMILES string of the molecule is Cc1ccccc1Oc1nccc(CO)c1F. The fourth-order valence-electron chi connectivity index (χ4n) is 1.43. The van der Waals surface area contributed by atoms with Gasteiger partial charge < -0.3 is 9.84 Å². The zero-order chi connectivity index (χ0) is 12.3. The van der Waals surface area contributed by atoms with Gasteiger partial charge in [0.15, 0.2) is 5.82 Å². The van der Waals surface area contributed by atoms with Crippen molar-refractivity contribution in [3.8, 4) is 11.6 Å². The lowest BCUT2D eigenvalue weighted by atomic mass is 10.2. The summed E-state index contributed by atoms with van der Waals surface area (Å²) in [5.41, 5.74) is 1.06. The Balaban J connectivity index is 2.34. The van der Waals surface area contributed by atoms with E-state index in [1.807, 2.05) is 19.1 Å². The molecule has 2 rings (SSSR count). The van der Waals surface area contributed by atoms with Crippen molar-refractivity contribution in [2.24, 2.45) is 0 Å². The van der Waals surface area contributed by atoms with Crippen LogP contribution in [0.3, 0.4) is 0 Å². The lowest BCUT2D eigenvalue weighted by molar-refractivity contribution is 0.273. The molecular formula is C13H12FNO2. The average Bonchev–Trinajstić information content (AvgIpc) is 2.34. The molecule has 0 fully saturated rings. The number of benzene rings is 1. The summed E-state index contributed by atoms with van der Waals surface area (Å²) in [6.45, 7) is 1.49. The first-order valence-corrected chi connectivity index (χ1v) is 5.20. The van der Waals surface area contributed by atoms with Gasteiger partial charge in [-0.25, -0.2) is 9.37 Å². The van der Waals surface area contributed by atoms with Crippen LogP contribution in [0.2, 0.25) is 0 Å². The van der Waals surface area contributed by atoms with Crippen LogP contribution >= 0.6 is 0 Å². The smallest absolute Gasteiger partial charge is 0.256 e. The molecule has 0 aliphatic carbocycles. The van der Waals surface area contributed by atoms with Gasteiger partial charge in [0.25, 0.3) is 5.88 Å². The zero-order valence-electron chi connectivity index (χ0n) is 9.35. The molecule has 0 amide bonds. The van der Waals surface area contributed by atoms with Crippen LogP contribution in [0.15, 0.2) is 36.5 Å². The molecule has 0 radical (unpaired) electrons. The number of hydrogen-bond donors (Lipinski definition) is 1. The summed E-state index contributed by atoms with van der Waals surface area (Å²) in [4.78, 5) is 3.81. The molecule has 3 nitrogen and oxygen atoms in total. The highest BCUT2D eigenvalue weighted by atomic mass is 19.1. The summed E-state index contributed by atoms with van der Waals surface area (Å²) in [6.07, 6.45) is 1.40. The Morgan fingerprint density at radius 3 is 2.76 bits per heavy atom. The quantitative estimate of drug-likeness (QED) is 0.886. The fraction of sp³-hybridized carbons (Fsp3) is 0.154. The first kappa shape index (κ1) is 11.5. The molecule has 1 aromatic carbocycles. The first-order chi connectivity index (χ1) is 8.22. The molecule has 0 bridgehead atoms. The van der Waals surface area contributed by atoms with Gasteiger partial charge in [-0.05, 0) is 24.6 Å². The molecule has 2 aromatic rings. The number of hydrogen-bond acceptors (Lipinski definition) is 3. The summed E-state index contributed by atoms with van der Waals surface area (Å²) in [5.74, 6) is -0.196. The Hall–Kier alpha value is -1.94. The number of para-hydroxylation sites is 1. The van der Waals surface area contributed by atoms with Gasteiger partial charge in [0, 0.05) is 11.8 Å². The third kappa shape index (κ3) is 2.42. The van der Waals surface area contributed by atoms with Crippen LogP contribution in [0.1, 0.15) is 11.1 Å². The lowest BCUT2D eigenvalue weighted by Gasteiger charge is -2.09. The molecule has 1 N–H and O–H groups in total. The van der Waals surface area contributed by atoms with E-state index in [9.17, 15) is 4.39 Å². The minimum absolute atomic E-state index is 0.120. The normalized spacial score (nSPS) is 10.3. The first-order valence-electron chi connectivity index (χ1n) is 5.20. The summed E-state index contributed by atoms with van der Waals surface area (Å²) in [7, 11) is 0. The minimum atomic E-state index is -0.627. The zero-order valence-corrected chi connectivity index (χ0v) is 9.35. The fourth-order valence-corrected chi connectivity index (χ4v) is 1.43. The minimum Gasteiger partial charge on any atom is -0.436 e. The Morgan fingerprint density at radius 1 is 1.29 bits per heavy atom. The molecular weight excluding hydrogens is 221 g/mol. The summed E-state index contributed by atoms with van der Waals surface area (Å²) >= 11 is 0. The molecule has 0 saturated heterocycles. The van der Waals surface area contributed by atoms with E-state index in [1.54, 1.807) is 12.1 Å². The van der Waals surface area contributed by atoms with Crippen molar-refractivity contribution >= 4 is 0 Å². The molecule has 0 spiro atoms. The molecule has 1 aromatic heterocycles. The Bertz CT molecular complexity index is 529. The van der Waals surface area contributed by atoms with E-state index in [0.29, 0.717) is 5.75 Å². The van der Waals surface area contributed by atoms with Crippen molar-refractivity contribution in [3.05, 3.63) is 53.5 Å². The number of halogens is 1. The Kier molecular flexibility index (Phi) is 3.35. The second kappa shape index (κ2) is 4.93. The molecule has 88 valence electrons. The van der Waals surface area contributed by atoms with Crippen LogP contribution in [0, 0.1) is 12.7 Å². The van der Waals surface area contributed by atoms with Crippen molar-refractivity contribution in [1.29, 1.82) is 0 Å². The van der Waals surface area contributed by atoms with Gasteiger partial charge in [-0.3, -0.25) is 0 Å². The van der Waals surface area contributed by atoms with E-state index in [2.05, 4.69) is 4.98 Å². The van der Waals surface area contributed by atoms with E-state index in [-0.39, 0.29) is 18.1 Å². The van der Waals surface area contributed by atoms with Crippen molar-refractivity contribution in [3.63, 3.8) is 0 Å². The number of rotatable bonds is 3. The monoisotopic (exact) mass is 233 g/mol. The van der Waals surface area contributed by atoms with Gasteiger partial charge >= 0.3 is 0 Å². The van der Waals surface area contributed by atoms with E-state index >= 15 is 0 Å². The molecule has 4 heteroatoms. The maximum Gasteiger partial charge on any atom is 0.256 e. The highest BCUT2D eigenvalue weighted by molar-refractivity contribution is 5.36. The van der Waals surface area contributed by atoms with Crippen LogP contribution in [-0.4, -0.2) is 10.1 Å². The number of nitrogens with zero attached hydrogens (tertiary/aromatic N) is 1. The molecule has 17 heavy (non-hydrogen) atoms. The van der Waals surface area contributed by atoms with Crippen molar-refractivity contribution in [1.82, 2.24) is 4.98 Å². The topological polar surface area (TPSA) is 42.4 Å². The van der Waals surface area contributed by atoms with Crippen molar-refractivity contribution < 1.29 is 14.2 Å². The van der Waals surface area contributed by atoms with Crippen LogP contribution in [0.4, 0.5) is 4.39 Å². The Labute approximate surface area is 98.5 Å². The van der Waals surface area contributed by atoms with E-state index < -0.39 is 5.82 Å². The average molecular weight is 233 g/mol. The van der Waals surface area contributed by atoms with Crippen LogP contribution < -0.4 is 4.74 Å². The number of aryl methyl sites for hydroxylation is 1. The number of aliphatic hydroxyl groups is 1. The summed E-state index contributed by atoms with van der Waals surface area (Å²) in [6, 6.07) is 8.69. The largest absolute Gasteiger partial charge is 0.436 e. The van der Waals surface area contributed by atoms with E-state index in [4.69, 9.17) is 9.84 Å². The second-order valence-corrected chi connectivity index (χ2v) is 3.61. The molecule has 0 saturated carbocycles. The van der Waals surface area contributed by atoms with E-state index in [0.717, 1.165) is 5.56 Å². The van der Waals surface area contributed by atoms with Crippen LogP contribution in [-0.2, 0) is 6.61 Å². The standard InChI is InChI=1S/C13H12FNO2/c1-9-4-2-3-5-11(9)17-13-12(14)10(8-16)6-7-15-13/h2-7,16H,8H2,1H3. The maximum absolute atomic E-state index is 13.7. The van der Waals surface area contributed by atoms with Gasteiger partial charge in [-0.2, -0.15) is 0 Å². The predicted octanol–water partition coefficient (Wildman–Crippen LogP) is 2.81. The van der Waals surface area contributed by atoms with Crippen molar-refractivity contribution in [2.75, 3.05) is 0 Å². The Morgan fingerprint density at radius 2 is 2.06 bits per heavy atom. The third-order valence-electron chi connectivity index (χ3n) is 2.41. The predicted molar refractivity (Wildman–Crippen MR) is 61.4 cm³/mol. The number of aliphatic hydroxyl groups excluding tert-OH is 1. The maximum atomic E-state index is 13.7. The number of ether oxygens (including phenoxy) is 1. The van der Waals surface area contributed by atoms with Gasteiger partial charge in [0.2, 0.25) is 0 Å². The number of pyridine rings is 1. The van der Waals surface area contributed by atoms with Gasteiger partial charge in [-0.1, -0.05) is 18.2 Å². The highest BCUT2D eigenvalue weighted by Crippen LogP contribution is 2.26. The highest BCUT2D eigenvalue weighted by Gasteiger charge is 2.11. The lowest BCUT2D eigenvalue weighted by Crippen LogP contribution is -1.97. The number of aromatic nitrogens is 1. The molecule has 0 aliphatic rings. The van der Waals surface area contributed by atoms with Crippen molar-refractivity contribution in [2.45, 2.75) is 13.5 Å². The molecule has 0 aliphatic heterocycles. The molecule has 0 atom stereocenters. The molecule has 0 unspecified atom stereocenters. The van der Waals surface area contributed by atoms with Crippen LogP contribution in [0.25, 0.3) is 0 Å². The van der Waals surface area contributed by atoms with Gasteiger partial charge in [-0.15, -0.1) is 0 Å². The van der Waals surface area contributed by atoms with Gasteiger partial charge in [0.1, 0.15) is 5.75 Å². The second-order valence-electron chi connectivity index (χ2n) is 3.61. The summed E-state index contributed by atoms with van der Waals surface area (Å²) < 4.78 is 19.1. The summed E-state index contributed by atoms with van der Waals surface area (Å²) in [5, 5.41) is 8.94. The van der Waals surface area contributed by atoms with Crippen LogP contribution in [0.5, 0.6) is 11.6 Å². The van der Waals surface area contributed by atoms with E-state index in [1.165, 1.54) is 12.3 Å². The molecule has 1 heterocycles. The third-order valence-corrected chi connectivity index (χ3v) is 2.41. The van der Waals surface area contributed by atoms with Gasteiger partial charge in [0.05, 0.1) is 6.61 Å².